The maximum Gasteiger partial charge on any atom is 0.323 e. The fraction of sp³-hybridized carbons (Fsp3) is 0.429. The molecular weight excluding hydrogens is 262 g/mol. The fourth-order valence-corrected chi connectivity index (χ4v) is 3.32. The number of carbonyl (C=O) groups is 2. The highest BCUT2D eigenvalue weighted by Crippen LogP contribution is 2.27. The Balaban J connectivity index is 2.21. The Hall–Kier alpha value is -1.49. The number of hydrogen-bond donors (Lipinski definition) is 1. The summed E-state index contributed by atoms with van der Waals surface area (Å²) in [6, 6.07) is 7.39. The molecule has 1 heterocycles. The quantitative estimate of drug-likeness (QED) is 0.917. The lowest BCUT2D eigenvalue weighted by Gasteiger charge is -2.24. The van der Waals surface area contributed by atoms with Gasteiger partial charge in [0.05, 0.1) is 0 Å². The van der Waals surface area contributed by atoms with Crippen LogP contribution in [0.25, 0.3) is 0 Å². The standard InChI is InChI=1S/C14H17NO3S/c1-10-2-4-12(5-3-10)15(8-13(16)17)14(18)11-6-7-19-9-11/h2-5,11H,6-9H2,1H3,(H,16,17). The summed E-state index contributed by atoms with van der Waals surface area (Å²) < 4.78 is 0. The second-order valence-electron chi connectivity index (χ2n) is 4.71. The predicted molar refractivity (Wildman–Crippen MR) is 76.6 cm³/mol. The molecule has 0 spiro atoms. The Labute approximate surface area is 116 Å². The van der Waals surface area contributed by atoms with Crippen LogP contribution in [0.5, 0.6) is 0 Å². The molecular formula is C14H17NO3S. The smallest absolute Gasteiger partial charge is 0.323 e. The van der Waals surface area contributed by atoms with Gasteiger partial charge >= 0.3 is 5.97 Å². The van der Waals surface area contributed by atoms with Crippen LogP contribution in [-0.4, -0.2) is 35.0 Å². The summed E-state index contributed by atoms with van der Waals surface area (Å²) in [7, 11) is 0. The molecule has 1 unspecified atom stereocenters. The molecule has 1 N–H and O–H groups in total. The third-order valence-electron chi connectivity index (χ3n) is 3.18. The zero-order valence-corrected chi connectivity index (χ0v) is 11.7. The van der Waals surface area contributed by atoms with E-state index in [2.05, 4.69) is 0 Å². The molecule has 2 rings (SSSR count). The van der Waals surface area contributed by atoms with Gasteiger partial charge in [-0.1, -0.05) is 17.7 Å². The van der Waals surface area contributed by atoms with Gasteiger partial charge in [-0.2, -0.15) is 11.8 Å². The van der Waals surface area contributed by atoms with Crippen molar-refractivity contribution in [2.45, 2.75) is 13.3 Å². The maximum atomic E-state index is 12.4. The first-order chi connectivity index (χ1) is 9.08. The van der Waals surface area contributed by atoms with Gasteiger partial charge in [0.15, 0.2) is 0 Å². The van der Waals surface area contributed by atoms with E-state index in [1.54, 1.807) is 23.9 Å². The van der Waals surface area contributed by atoms with Gasteiger partial charge < -0.3 is 10.0 Å². The van der Waals surface area contributed by atoms with E-state index >= 15 is 0 Å². The average molecular weight is 279 g/mol. The third kappa shape index (κ3) is 3.50. The van der Waals surface area contributed by atoms with Crippen LogP contribution in [0.3, 0.4) is 0 Å². The molecule has 0 saturated carbocycles. The highest BCUT2D eigenvalue weighted by atomic mass is 32.2. The molecule has 1 aromatic rings. The molecule has 102 valence electrons. The second kappa shape index (κ2) is 6.10. The summed E-state index contributed by atoms with van der Waals surface area (Å²) in [5, 5.41) is 8.99. The first-order valence-corrected chi connectivity index (χ1v) is 7.41. The Kier molecular flexibility index (Phi) is 4.47. The minimum atomic E-state index is -0.987. The Morgan fingerprint density at radius 3 is 2.58 bits per heavy atom. The summed E-state index contributed by atoms with van der Waals surface area (Å²) in [5.74, 6) is 0.660. The van der Waals surface area contributed by atoms with Crippen LogP contribution in [0.2, 0.25) is 0 Å². The van der Waals surface area contributed by atoms with Gasteiger partial charge in [0.1, 0.15) is 6.54 Å². The summed E-state index contributed by atoms with van der Waals surface area (Å²) in [5.41, 5.74) is 1.75. The van der Waals surface area contributed by atoms with Gasteiger partial charge in [-0.3, -0.25) is 9.59 Å². The highest BCUT2D eigenvalue weighted by Gasteiger charge is 2.29. The number of amides is 1. The lowest BCUT2D eigenvalue weighted by atomic mass is 10.1. The van der Waals surface area contributed by atoms with Crippen LogP contribution < -0.4 is 4.90 Å². The van der Waals surface area contributed by atoms with Crippen molar-refractivity contribution < 1.29 is 14.7 Å². The van der Waals surface area contributed by atoms with Crippen LogP contribution in [0, 0.1) is 12.8 Å². The van der Waals surface area contributed by atoms with E-state index in [1.807, 2.05) is 19.1 Å². The molecule has 0 bridgehead atoms. The number of carbonyl (C=O) groups excluding carboxylic acids is 1. The SMILES string of the molecule is Cc1ccc(N(CC(=O)O)C(=O)C2CCSC2)cc1. The van der Waals surface area contributed by atoms with Gasteiger partial charge in [-0.25, -0.2) is 0 Å². The number of nitrogens with zero attached hydrogens (tertiary/aromatic N) is 1. The molecule has 1 saturated heterocycles. The van der Waals surface area contributed by atoms with Crippen molar-refractivity contribution >= 4 is 29.3 Å². The molecule has 1 aliphatic heterocycles. The van der Waals surface area contributed by atoms with Crippen molar-refractivity contribution in [2.75, 3.05) is 23.0 Å². The maximum absolute atomic E-state index is 12.4. The number of hydrogen-bond acceptors (Lipinski definition) is 3. The first kappa shape index (κ1) is 13.9. The molecule has 1 amide bonds. The third-order valence-corrected chi connectivity index (χ3v) is 4.35. The van der Waals surface area contributed by atoms with Crippen LogP contribution in [-0.2, 0) is 9.59 Å². The van der Waals surface area contributed by atoms with Crippen molar-refractivity contribution in [1.29, 1.82) is 0 Å². The Bertz CT molecular complexity index is 466. The predicted octanol–water partition coefficient (Wildman–Crippen LogP) is 2.17. The average Bonchev–Trinajstić information content (AvgIpc) is 2.90. The van der Waals surface area contributed by atoms with Crippen molar-refractivity contribution in [3.8, 4) is 0 Å². The van der Waals surface area contributed by atoms with Crippen LogP contribution in [0.4, 0.5) is 5.69 Å². The van der Waals surface area contributed by atoms with Crippen molar-refractivity contribution in [2.24, 2.45) is 5.92 Å². The van der Waals surface area contributed by atoms with Crippen LogP contribution >= 0.6 is 11.8 Å². The number of carboxylic acid groups (broad SMARTS) is 1. The molecule has 0 aromatic heterocycles. The Morgan fingerprint density at radius 1 is 1.37 bits per heavy atom. The fourth-order valence-electron chi connectivity index (χ4n) is 2.11. The van der Waals surface area contributed by atoms with E-state index in [0.29, 0.717) is 5.69 Å². The topological polar surface area (TPSA) is 57.6 Å². The summed E-state index contributed by atoms with van der Waals surface area (Å²) in [6.07, 6.45) is 0.839. The molecule has 0 radical (unpaired) electrons. The first-order valence-electron chi connectivity index (χ1n) is 6.25. The monoisotopic (exact) mass is 279 g/mol. The molecule has 1 atom stereocenters. The van der Waals surface area contributed by atoms with Crippen molar-refractivity contribution in [1.82, 2.24) is 0 Å². The number of anilines is 1. The number of carboxylic acids is 1. The van der Waals surface area contributed by atoms with E-state index in [4.69, 9.17) is 5.11 Å². The molecule has 19 heavy (non-hydrogen) atoms. The number of benzene rings is 1. The van der Waals surface area contributed by atoms with E-state index < -0.39 is 5.97 Å². The minimum absolute atomic E-state index is 0.0503. The number of aliphatic carboxylic acids is 1. The molecule has 1 aliphatic rings. The summed E-state index contributed by atoms with van der Waals surface area (Å²) in [4.78, 5) is 24.8. The normalized spacial score (nSPS) is 18.3. The van der Waals surface area contributed by atoms with Crippen molar-refractivity contribution in [3.05, 3.63) is 29.8 Å². The molecule has 5 heteroatoms. The lowest BCUT2D eigenvalue weighted by molar-refractivity contribution is -0.137. The van der Waals surface area contributed by atoms with Gasteiger partial charge in [0, 0.05) is 17.4 Å². The Morgan fingerprint density at radius 2 is 2.05 bits per heavy atom. The van der Waals surface area contributed by atoms with E-state index in [-0.39, 0.29) is 18.4 Å². The highest BCUT2D eigenvalue weighted by molar-refractivity contribution is 7.99. The van der Waals surface area contributed by atoms with Crippen LogP contribution in [0.15, 0.2) is 24.3 Å². The summed E-state index contributed by atoms with van der Waals surface area (Å²) in [6.45, 7) is 1.68. The molecule has 0 aliphatic carbocycles. The van der Waals surface area contributed by atoms with E-state index in [9.17, 15) is 9.59 Å². The van der Waals surface area contributed by atoms with Gasteiger partial charge in [0.25, 0.3) is 0 Å². The van der Waals surface area contributed by atoms with E-state index in [0.717, 1.165) is 23.5 Å². The lowest BCUT2D eigenvalue weighted by Crippen LogP contribution is -2.40. The van der Waals surface area contributed by atoms with Gasteiger partial charge in [-0.05, 0) is 31.2 Å². The zero-order valence-electron chi connectivity index (χ0n) is 10.8. The summed E-state index contributed by atoms with van der Waals surface area (Å²) >= 11 is 1.75. The largest absolute Gasteiger partial charge is 0.480 e. The van der Waals surface area contributed by atoms with Crippen molar-refractivity contribution in [3.63, 3.8) is 0 Å². The number of rotatable bonds is 4. The minimum Gasteiger partial charge on any atom is -0.480 e. The number of aryl methyl sites for hydroxylation is 1. The van der Waals surface area contributed by atoms with Gasteiger partial charge in [-0.15, -0.1) is 0 Å². The second-order valence-corrected chi connectivity index (χ2v) is 5.86. The number of thioether (sulfide) groups is 1. The van der Waals surface area contributed by atoms with Crippen LogP contribution in [0.1, 0.15) is 12.0 Å². The molecule has 1 aromatic carbocycles. The van der Waals surface area contributed by atoms with Gasteiger partial charge in [0.2, 0.25) is 5.91 Å². The molecule has 4 nitrogen and oxygen atoms in total. The zero-order chi connectivity index (χ0) is 13.8. The molecule has 1 fully saturated rings. The van der Waals surface area contributed by atoms with E-state index in [1.165, 1.54) is 4.90 Å².